The summed E-state index contributed by atoms with van der Waals surface area (Å²) in [6, 6.07) is 6.76. The molecular formula is C16H12Cl2N2O5. The highest BCUT2D eigenvalue weighted by Crippen LogP contribution is 2.23. The van der Waals surface area contributed by atoms with Crippen LogP contribution in [0.4, 0.5) is 5.69 Å². The Morgan fingerprint density at radius 3 is 2.60 bits per heavy atom. The van der Waals surface area contributed by atoms with Crippen LogP contribution in [-0.2, 0) is 9.53 Å². The molecule has 0 fully saturated rings. The Morgan fingerprint density at radius 2 is 1.96 bits per heavy atom. The van der Waals surface area contributed by atoms with Crippen LogP contribution in [0.1, 0.15) is 27.6 Å². The number of carboxylic acids is 1. The van der Waals surface area contributed by atoms with Crippen molar-refractivity contribution in [2.45, 2.75) is 13.0 Å². The molecule has 1 aromatic carbocycles. The standard InChI is InChI=1S/C16H12Cl2N2O5/c1-8(25-16(24)10-3-2-6-19-13(10)18)14(21)20-12-7-9(15(22)23)4-5-11(12)17/h2-8H,1H3,(H,20,21)(H,22,23). The van der Waals surface area contributed by atoms with Crippen LogP contribution in [0.25, 0.3) is 0 Å². The molecule has 1 aromatic heterocycles. The number of carbonyl (C=O) groups is 3. The summed E-state index contributed by atoms with van der Waals surface area (Å²) in [5.41, 5.74) is 0.0649. The Labute approximate surface area is 152 Å². The van der Waals surface area contributed by atoms with Crippen molar-refractivity contribution in [3.8, 4) is 0 Å². The lowest BCUT2D eigenvalue weighted by molar-refractivity contribution is -0.123. The van der Waals surface area contributed by atoms with Gasteiger partial charge in [0.2, 0.25) is 0 Å². The largest absolute Gasteiger partial charge is 0.478 e. The monoisotopic (exact) mass is 382 g/mol. The van der Waals surface area contributed by atoms with E-state index in [9.17, 15) is 14.4 Å². The lowest BCUT2D eigenvalue weighted by Gasteiger charge is -2.14. The smallest absolute Gasteiger partial charge is 0.342 e. The van der Waals surface area contributed by atoms with Crippen LogP contribution in [0.3, 0.4) is 0 Å². The number of aromatic carboxylic acids is 1. The molecule has 0 saturated carbocycles. The van der Waals surface area contributed by atoms with Gasteiger partial charge in [0.25, 0.3) is 5.91 Å². The molecule has 0 bridgehead atoms. The maximum atomic E-state index is 12.2. The third-order valence-electron chi connectivity index (χ3n) is 3.10. The van der Waals surface area contributed by atoms with E-state index in [0.717, 1.165) is 0 Å². The molecule has 25 heavy (non-hydrogen) atoms. The first-order chi connectivity index (χ1) is 11.8. The lowest BCUT2D eigenvalue weighted by atomic mass is 10.2. The van der Waals surface area contributed by atoms with Gasteiger partial charge < -0.3 is 15.2 Å². The van der Waals surface area contributed by atoms with Gasteiger partial charge in [0.1, 0.15) is 5.15 Å². The summed E-state index contributed by atoms with van der Waals surface area (Å²) < 4.78 is 5.03. The van der Waals surface area contributed by atoms with Crippen molar-refractivity contribution >= 4 is 46.7 Å². The molecular weight excluding hydrogens is 371 g/mol. The molecule has 9 heteroatoms. The summed E-state index contributed by atoms with van der Waals surface area (Å²) in [5.74, 6) is -2.67. The SMILES string of the molecule is CC(OC(=O)c1cccnc1Cl)C(=O)Nc1cc(C(=O)O)ccc1Cl. The van der Waals surface area contributed by atoms with Crippen molar-refractivity contribution in [2.75, 3.05) is 5.32 Å². The first-order valence-corrected chi connectivity index (χ1v) is 7.70. The molecule has 130 valence electrons. The molecule has 0 saturated heterocycles. The molecule has 1 amide bonds. The minimum absolute atomic E-state index is 0.0229. The molecule has 1 unspecified atom stereocenters. The van der Waals surface area contributed by atoms with Gasteiger partial charge in [-0.15, -0.1) is 0 Å². The Balaban J connectivity index is 2.08. The van der Waals surface area contributed by atoms with Gasteiger partial charge in [-0.3, -0.25) is 4.79 Å². The van der Waals surface area contributed by atoms with Crippen molar-refractivity contribution in [2.24, 2.45) is 0 Å². The normalized spacial score (nSPS) is 11.5. The van der Waals surface area contributed by atoms with E-state index in [1.807, 2.05) is 0 Å². The van der Waals surface area contributed by atoms with E-state index < -0.39 is 23.9 Å². The van der Waals surface area contributed by atoms with E-state index in [2.05, 4.69) is 10.3 Å². The number of nitrogens with zero attached hydrogens (tertiary/aromatic N) is 1. The van der Waals surface area contributed by atoms with Gasteiger partial charge in [0.05, 0.1) is 21.8 Å². The van der Waals surface area contributed by atoms with E-state index in [4.69, 9.17) is 33.0 Å². The Bertz CT molecular complexity index is 841. The zero-order chi connectivity index (χ0) is 18.6. The third kappa shape index (κ3) is 4.68. The molecule has 1 atom stereocenters. The van der Waals surface area contributed by atoms with Gasteiger partial charge in [-0.25, -0.2) is 14.6 Å². The number of pyridine rings is 1. The zero-order valence-electron chi connectivity index (χ0n) is 12.8. The molecule has 1 heterocycles. The summed E-state index contributed by atoms with van der Waals surface area (Å²) in [6.45, 7) is 1.35. The minimum atomic E-state index is -1.17. The summed E-state index contributed by atoms with van der Waals surface area (Å²) in [6.07, 6.45) is 0.237. The number of carboxylic acid groups (broad SMARTS) is 1. The van der Waals surface area contributed by atoms with E-state index >= 15 is 0 Å². The van der Waals surface area contributed by atoms with Crippen molar-refractivity contribution in [3.05, 3.63) is 57.8 Å². The number of hydrogen-bond acceptors (Lipinski definition) is 5. The number of carbonyl (C=O) groups excluding carboxylic acids is 2. The molecule has 7 nitrogen and oxygen atoms in total. The van der Waals surface area contributed by atoms with Crippen LogP contribution in [0.5, 0.6) is 0 Å². The second-order valence-corrected chi connectivity index (χ2v) is 5.64. The Kier molecular flexibility index (Phi) is 5.95. The quantitative estimate of drug-likeness (QED) is 0.607. The van der Waals surface area contributed by atoms with Gasteiger partial charge >= 0.3 is 11.9 Å². The second-order valence-electron chi connectivity index (χ2n) is 4.88. The van der Waals surface area contributed by atoms with Gasteiger partial charge in [-0.2, -0.15) is 0 Å². The highest BCUT2D eigenvalue weighted by molar-refractivity contribution is 6.34. The fourth-order valence-electron chi connectivity index (χ4n) is 1.80. The van der Waals surface area contributed by atoms with Crippen LogP contribution >= 0.6 is 23.2 Å². The summed E-state index contributed by atoms with van der Waals surface area (Å²) >= 11 is 11.7. The average Bonchev–Trinajstić information content (AvgIpc) is 2.56. The topological polar surface area (TPSA) is 106 Å². The molecule has 2 rings (SSSR count). The molecule has 0 aliphatic rings. The second kappa shape index (κ2) is 7.96. The van der Waals surface area contributed by atoms with E-state index in [1.54, 1.807) is 0 Å². The van der Waals surface area contributed by atoms with Crippen LogP contribution in [0.2, 0.25) is 10.2 Å². The predicted molar refractivity (Wildman–Crippen MR) is 91.2 cm³/mol. The Hall–Kier alpha value is -2.64. The number of amides is 1. The van der Waals surface area contributed by atoms with Crippen LogP contribution in [0, 0.1) is 0 Å². The fraction of sp³-hybridized carbons (Fsp3) is 0.125. The number of halogens is 2. The summed E-state index contributed by atoms with van der Waals surface area (Å²) in [7, 11) is 0. The van der Waals surface area contributed by atoms with Crippen LogP contribution in [0.15, 0.2) is 36.5 Å². The number of rotatable bonds is 5. The number of ether oxygens (including phenoxy) is 1. The third-order valence-corrected chi connectivity index (χ3v) is 3.73. The summed E-state index contributed by atoms with van der Waals surface area (Å²) in [5, 5.41) is 11.5. The molecule has 0 aliphatic carbocycles. The highest BCUT2D eigenvalue weighted by atomic mass is 35.5. The highest BCUT2D eigenvalue weighted by Gasteiger charge is 2.22. The van der Waals surface area contributed by atoms with E-state index in [0.29, 0.717) is 0 Å². The minimum Gasteiger partial charge on any atom is -0.478 e. The molecule has 0 radical (unpaired) electrons. The van der Waals surface area contributed by atoms with Crippen LogP contribution < -0.4 is 5.32 Å². The van der Waals surface area contributed by atoms with Gasteiger partial charge in [-0.05, 0) is 37.3 Å². The fourth-order valence-corrected chi connectivity index (χ4v) is 2.17. The number of aromatic nitrogens is 1. The first-order valence-electron chi connectivity index (χ1n) is 6.94. The summed E-state index contributed by atoms with van der Waals surface area (Å²) in [4.78, 5) is 38.9. The maximum absolute atomic E-state index is 12.2. The van der Waals surface area contributed by atoms with E-state index in [-0.39, 0.29) is 27.0 Å². The molecule has 2 N–H and O–H groups in total. The van der Waals surface area contributed by atoms with Gasteiger partial charge in [-0.1, -0.05) is 23.2 Å². The Morgan fingerprint density at radius 1 is 1.24 bits per heavy atom. The molecule has 0 aliphatic heterocycles. The van der Waals surface area contributed by atoms with Crippen molar-refractivity contribution in [1.82, 2.24) is 4.98 Å². The van der Waals surface area contributed by atoms with Gasteiger partial charge in [0, 0.05) is 6.20 Å². The number of benzene rings is 1. The lowest BCUT2D eigenvalue weighted by Crippen LogP contribution is -2.30. The number of hydrogen-bond donors (Lipinski definition) is 2. The molecule has 2 aromatic rings. The molecule has 0 spiro atoms. The first kappa shape index (κ1) is 18.7. The van der Waals surface area contributed by atoms with Crippen molar-refractivity contribution < 1.29 is 24.2 Å². The zero-order valence-corrected chi connectivity index (χ0v) is 14.3. The maximum Gasteiger partial charge on any atom is 0.342 e. The average molecular weight is 383 g/mol. The predicted octanol–water partition coefficient (Wildman–Crippen LogP) is 3.27. The number of esters is 1. The van der Waals surface area contributed by atoms with Crippen molar-refractivity contribution in [3.63, 3.8) is 0 Å². The number of nitrogens with one attached hydrogen (secondary N) is 1. The van der Waals surface area contributed by atoms with Crippen molar-refractivity contribution in [1.29, 1.82) is 0 Å². The van der Waals surface area contributed by atoms with E-state index in [1.165, 1.54) is 43.5 Å². The number of anilines is 1. The van der Waals surface area contributed by atoms with Gasteiger partial charge in [0.15, 0.2) is 6.10 Å². The van der Waals surface area contributed by atoms with Crippen LogP contribution in [-0.4, -0.2) is 34.0 Å².